The maximum absolute atomic E-state index is 13.2. The molecule has 0 bridgehead atoms. The van der Waals surface area contributed by atoms with Gasteiger partial charge in [0.1, 0.15) is 43.5 Å². The molecule has 0 aliphatic carbocycles. The quantitative estimate of drug-likeness (QED) is 0.579. The van der Waals surface area contributed by atoms with E-state index >= 15 is 0 Å². The summed E-state index contributed by atoms with van der Waals surface area (Å²) in [5.41, 5.74) is 0.899. The number of nitrogens with one attached hydrogen (secondary N) is 1. The van der Waals surface area contributed by atoms with E-state index in [4.69, 9.17) is 9.15 Å². The Labute approximate surface area is 165 Å². The zero-order valence-corrected chi connectivity index (χ0v) is 16.5. The van der Waals surface area contributed by atoms with Crippen LogP contribution in [-0.4, -0.2) is 56.7 Å². The molecule has 1 saturated heterocycles. The summed E-state index contributed by atoms with van der Waals surface area (Å²) in [5.74, 6) is 1.35. The van der Waals surface area contributed by atoms with Gasteiger partial charge < -0.3 is 24.3 Å². The Hall–Kier alpha value is -2.22. The summed E-state index contributed by atoms with van der Waals surface area (Å²) >= 11 is 0. The monoisotopic (exact) mass is 391 g/mol. The molecule has 1 aliphatic heterocycles. The molecule has 3 N–H and O–H groups in total. The minimum Gasteiger partial charge on any atom is -0.464 e. The fourth-order valence-electron chi connectivity index (χ4n) is 3.37. The van der Waals surface area contributed by atoms with Crippen molar-refractivity contribution in [2.24, 2.45) is 0 Å². The van der Waals surface area contributed by atoms with Crippen LogP contribution < -0.4 is 10.2 Å². The molecule has 3 rings (SSSR count). The second-order valence-corrected chi connectivity index (χ2v) is 7.28. The summed E-state index contributed by atoms with van der Waals surface area (Å²) in [6, 6.07) is 10.1. The molecule has 0 atom stereocenters. The predicted molar refractivity (Wildman–Crippen MR) is 102 cm³/mol. The number of hydrogen-bond donors (Lipinski definition) is 2. The van der Waals surface area contributed by atoms with Gasteiger partial charge in [0.25, 0.3) is 5.91 Å². The molecule has 1 aromatic heterocycles. The number of benzene rings is 1. The largest absolute Gasteiger partial charge is 0.464 e. The number of quaternary nitrogens is 2. The molecule has 0 saturated carbocycles. The summed E-state index contributed by atoms with van der Waals surface area (Å²) < 4.78 is 24.2. The van der Waals surface area contributed by atoms with Gasteiger partial charge in [-0.25, -0.2) is 4.39 Å². The molecule has 0 unspecified atom stereocenters. The second kappa shape index (κ2) is 10.4. The van der Waals surface area contributed by atoms with Crippen LogP contribution in [0.3, 0.4) is 0 Å². The van der Waals surface area contributed by atoms with Crippen LogP contribution in [0.1, 0.15) is 17.1 Å². The van der Waals surface area contributed by atoms with Crippen molar-refractivity contribution >= 4 is 5.91 Å². The highest BCUT2D eigenvalue weighted by atomic mass is 19.1. The van der Waals surface area contributed by atoms with Crippen LogP contribution in [-0.2, 0) is 22.6 Å². The molecular weight excluding hydrogens is 361 g/mol. The topological polar surface area (TPSA) is 63.7 Å². The van der Waals surface area contributed by atoms with Gasteiger partial charge in [0.05, 0.1) is 19.8 Å². The number of morpholine rings is 1. The summed E-state index contributed by atoms with van der Waals surface area (Å²) in [4.78, 5) is 16.1. The van der Waals surface area contributed by atoms with Crippen LogP contribution in [0.15, 0.2) is 40.8 Å². The van der Waals surface area contributed by atoms with Gasteiger partial charge in [0, 0.05) is 6.54 Å². The number of carbonyl (C=O) groups is 1. The third-order valence-corrected chi connectivity index (χ3v) is 5.00. The molecule has 0 spiro atoms. The average Bonchev–Trinajstić information content (AvgIpc) is 3.12. The van der Waals surface area contributed by atoms with Crippen LogP contribution in [0.25, 0.3) is 0 Å². The van der Waals surface area contributed by atoms with Gasteiger partial charge in [0.15, 0.2) is 6.54 Å². The van der Waals surface area contributed by atoms with Crippen LogP contribution in [0.4, 0.5) is 4.39 Å². The van der Waals surface area contributed by atoms with E-state index in [0.717, 1.165) is 56.5 Å². The van der Waals surface area contributed by atoms with Gasteiger partial charge in [-0.05, 0) is 36.8 Å². The number of nitrogens with two attached hydrogens (primary N) is 1. The summed E-state index contributed by atoms with van der Waals surface area (Å²) in [7, 11) is 0. The first kappa shape index (κ1) is 20.5. The number of rotatable bonds is 9. The van der Waals surface area contributed by atoms with Gasteiger partial charge in [-0.3, -0.25) is 4.79 Å². The molecule has 2 heterocycles. The summed E-state index contributed by atoms with van der Waals surface area (Å²) in [6.07, 6.45) is 0. The number of aryl methyl sites for hydroxylation is 1. The van der Waals surface area contributed by atoms with Crippen molar-refractivity contribution in [3.8, 4) is 0 Å². The first-order valence-corrected chi connectivity index (χ1v) is 9.90. The standard InChI is InChI=1S/C21H28FN3O3/c1-17-2-7-20(28-17)16-25(15-18-3-5-19(22)6-4-18)21(26)14-23-8-9-24-10-12-27-13-11-24/h2-7,23H,8-16H2,1H3/p+2. The predicted octanol–water partition coefficient (Wildman–Crippen LogP) is -0.266. The molecule has 1 aromatic carbocycles. The highest BCUT2D eigenvalue weighted by Crippen LogP contribution is 2.13. The Kier molecular flexibility index (Phi) is 7.59. The third kappa shape index (κ3) is 6.44. The zero-order valence-electron chi connectivity index (χ0n) is 16.5. The number of hydrogen-bond acceptors (Lipinski definition) is 3. The van der Waals surface area contributed by atoms with Crippen LogP contribution >= 0.6 is 0 Å². The number of halogens is 1. The van der Waals surface area contributed by atoms with E-state index in [0.29, 0.717) is 19.6 Å². The van der Waals surface area contributed by atoms with Crippen molar-refractivity contribution < 1.29 is 28.6 Å². The van der Waals surface area contributed by atoms with Gasteiger partial charge >= 0.3 is 0 Å². The third-order valence-electron chi connectivity index (χ3n) is 5.00. The Morgan fingerprint density at radius 3 is 2.57 bits per heavy atom. The first-order chi connectivity index (χ1) is 13.6. The maximum Gasteiger partial charge on any atom is 0.278 e. The minimum absolute atomic E-state index is 0.0513. The molecule has 1 fully saturated rings. The van der Waals surface area contributed by atoms with E-state index < -0.39 is 0 Å². The Morgan fingerprint density at radius 2 is 1.89 bits per heavy atom. The van der Waals surface area contributed by atoms with Crippen LogP contribution in [0.2, 0.25) is 0 Å². The highest BCUT2D eigenvalue weighted by Gasteiger charge is 2.19. The maximum atomic E-state index is 13.2. The minimum atomic E-state index is -0.276. The molecule has 152 valence electrons. The second-order valence-electron chi connectivity index (χ2n) is 7.28. The lowest BCUT2D eigenvalue weighted by atomic mass is 10.2. The SMILES string of the molecule is Cc1ccc(CN(Cc2ccc(F)cc2)C(=O)C[NH2+]CC[NH+]2CCOCC2)o1. The van der Waals surface area contributed by atoms with E-state index in [1.165, 1.54) is 17.0 Å². The summed E-state index contributed by atoms with van der Waals surface area (Å²) in [6.45, 7) is 8.78. The molecule has 28 heavy (non-hydrogen) atoms. The lowest BCUT2D eigenvalue weighted by Gasteiger charge is -2.23. The Bertz CT molecular complexity index is 742. The molecule has 0 radical (unpaired) electrons. The normalized spacial score (nSPS) is 14.9. The van der Waals surface area contributed by atoms with E-state index in [9.17, 15) is 9.18 Å². The van der Waals surface area contributed by atoms with Crippen molar-refractivity contribution in [2.45, 2.75) is 20.0 Å². The van der Waals surface area contributed by atoms with E-state index in [-0.39, 0.29) is 11.7 Å². The zero-order chi connectivity index (χ0) is 19.8. The van der Waals surface area contributed by atoms with Crippen molar-refractivity contribution in [1.29, 1.82) is 0 Å². The van der Waals surface area contributed by atoms with Gasteiger partial charge in [0.2, 0.25) is 0 Å². The average molecular weight is 391 g/mol. The summed E-state index contributed by atoms with van der Waals surface area (Å²) in [5, 5.41) is 2.07. The van der Waals surface area contributed by atoms with Gasteiger partial charge in [-0.2, -0.15) is 0 Å². The molecule has 7 heteroatoms. The fourth-order valence-corrected chi connectivity index (χ4v) is 3.37. The lowest BCUT2D eigenvalue weighted by molar-refractivity contribution is -0.919. The lowest BCUT2D eigenvalue weighted by Crippen LogP contribution is -3.16. The van der Waals surface area contributed by atoms with Crippen LogP contribution in [0.5, 0.6) is 0 Å². The van der Waals surface area contributed by atoms with Crippen molar-refractivity contribution in [2.75, 3.05) is 45.9 Å². The van der Waals surface area contributed by atoms with Crippen molar-refractivity contribution in [3.05, 3.63) is 59.3 Å². The number of furan rings is 1. The molecule has 2 aromatic rings. The Balaban J connectivity index is 1.53. The van der Waals surface area contributed by atoms with Gasteiger partial charge in [-0.15, -0.1) is 0 Å². The van der Waals surface area contributed by atoms with E-state index in [2.05, 4.69) is 5.32 Å². The molecule has 1 aliphatic rings. The smallest absolute Gasteiger partial charge is 0.278 e. The fraction of sp³-hybridized carbons (Fsp3) is 0.476. The number of nitrogens with zero attached hydrogens (tertiary/aromatic N) is 1. The molecular formula is C21H30FN3O3+2. The first-order valence-electron chi connectivity index (χ1n) is 9.90. The van der Waals surface area contributed by atoms with Gasteiger partial charge in [-0.1, -0.05) is 12.1 Å². The van der Waals surface area contributed by atoms with E-state index in [1.54, 1.807) is 17.0 Å². The molecule has 6 nitrogen and oxygen atoms in total. The number of ether oxygens (including phenoxy) is 1. The molecule has 1 amide bonds. The van der Waals surface area contributed by atoms with Crippen LogP contribution in [0, 0.1) is 12.7 Å². The highest BCUT2D eigenvalue weighted by molar-refractivity contribution is 5.76. The number of carbonyl (C=O) groups excluding carboxylic acids is 1. The van der Waals surface area contributed by atoms with Crippen molar-refractivity contribution in [3.63, 3.8) is 0 Å². The van der Waals surface area contributed by atoms with Crippen molar-refractivity contribution in [1.82, 2.24) is 4.90 Å². The van der Waals surface area contributed by atoms with E-state index in [1.807, 2.05) is 19.1 Å². The Morgan fingerprint density at radius 1 is 1.14 bits per heavy atom. The number of amides is 1.